The van der Waals surface area contributed by atoms with Gasteiger partial charge in [0, 0.05) is 17.2 Å². The highest BCUT2D eigenvalue weighted by Gasteiger charge is 2.37. The van der Waals surface area contributed by atoms with Crippen molar-refractivity contribution in [1.82, 2.24) is 19.7 Å². The summed E-state index contributed by atoms with van der Waals surface area (Å²) >= 11 is 0. The predicted octanol–water partition coefficient (Wildman–Crippen LogP) is 4.04. The third-order valence-electron chi connectivity index (χ3n) is 5.05. The minimum atomic E-state index is -5.09. The van der Waals surface area contributed by atoms with Crippen molar-refractivity contribution in [3.05, 3.63) is 68.3 Å². The van der Waals surface area contributed by atoms with Crippen molar-refractivity contribution in [3.8, 4) is 5.95 Å². The molecule has 0 atom stereocenters. The first-order valence-electron chi connectivity index (χ1n) is 9.63. The Balaban J connectivity index is 1.73. The molecule has 174 valence electrons. The Morgan fingerprint density at radius 2 is 1.67 bits per heavy atom. The number of benzene rings is 1. The van der Waals surface area contributed by atoms with Crippen LogP contribution in [0.5, 0.6) is 0 Å². The van der Waals surface area contributed by atoms with Crippen LogP contribution < -0.4 is 10.9 Å². The molecule has 1 aliphatic rings. The number of hydrogen-bond acceptors (Lipinski definition) is 4. The van der Waals surface area contributed by atoms with Crippen LogP contribution in [0.3, 0.4) is 0 Å². The van der Waals surface area contributed by atoms with Crippen molar-refractivity contribution in [2.24, 2.45) is 0 Å². The fraction of sp³-hybridized carbons (Fsp3) is 0.300. The van der Waals surface area contributed by atoms with Crippen LogP contribution in [0.25, 0.3) is 5.95 Å². The number of alkyl halides is 6. The molecule has 4 rings (SSSR count). The molecule has 33 heavy (non-hydrogen) atoms. The second kappa shape index (κ2) is 7.74. The molecule has 1 amide bonds. The lowest BCUT2D eigenvalue weighted by molar-refractivity contribution is -0.143. The number of fused-ring (bicyclic) bond motifs is 1. The maximum atomic E-state index is 13.1. The lowest BCUT2D eigenvalue weighted by Crippen LogP contribution is -2.22. The van der Waals surface area contributed by atoms with E-state index in [-0.39, 0.29) is 23.4 Å². The molecule has 0 saturated carbocycles. The Kier molecular flexibility index (Phi) is 5.29. The van der Waals surface area contributed by atoms with Crippen LogP contribution >= 0.6 is 0 Å². The van der Waals surface area contributed by atoms with Crippen molar-refractivity contribution >= 4 is 11.7 Å². The standard InChI is InChI=1S/C20H15F6N5O2/c1-9-5-15(31(30-9)18-27-14-4-2-3-13(14)17(33)29-18)28-16(32)10-6-11(19(21,22)23)8-12(7-10)20(24,25)26/h5-8H,2-4H2,1H3,(H,28,32)(H,27,29,33). The van der Waals surface area contributed by atoms with Crippen molar-refractivity contribution < 1.29 is 31.1 Å². The molecule has 3 aromatic rings. The zero-order valence-corrected chi connectivity index (χ0v) is 16.9. The van der Waals surface area contributed by atoms with Gasteiger partial charge in [-0.3, -0.25) is 14.6 Å². The summed E-state index contributed by atoms with van der Waals surface area (Å²) in [4.78, 5) is 31.8. The summed E-state index contributed by atoms with van der Waals surface area (Å²) in [6.07, 6.45) is -8.31. The number of hydrogen-bond donors (Lipinski definition) is 2. The lowest BCUT2D eigenvalue weighted by atomic mass is 10.0. The maximum absolute atomic E-state index is 13.1. The van der Waals surface area contributed by atoms with E-state index < -0.39 is 35.0 Å². The summed E-state index contributed by atoms with van der Waals surface area (Å²) in [5.74, 6) is -1.36. The average molecular weight is 471 g/mol. The molecule has 2 N–H and O–H groups in total. The van der Waals surface area contributed by atoms with E-state index in [9.17, 15) is 35.9 Å². The normalized spacial score (nSPS) is 13.8. The molecule has 7 nitrogen and oxygen atoms in total. The SMILES string of the molecule is Cc1cc(NC(=O)c2cc(C(F)(F)F)cc(C(F)(F)F)c2)n(-c2nc3c(c(=O)[nH]2)CCC3)n1. The first-order chi connectivity index (χ1) is 15.3. The average Bonchev–Trinajstić information content (AvgIpc) is 3.32. The summed E-state index contributed by atoms with van der Waals surface area (Å²) in [6, 6.07) is 1.93. The maximum Gasteiger partial charge on any atom is 0.416 e. The van der Waals surface area contributed by atoms with Crippen molar-refractivity contribution in [2.45, 2.75) is 38.5 Å². The number of aromatic nitrogens is 4. The van der Waals surface area contributed by atoms with E-state index in [0.29, 0.717) is 41.9 Å². The minimum Gasteiger partial charge on any atom is -0.306 e. The van der Waals surface area contributed by atoms with E-state index >= 15 is 0 Å². The molecule has 2 aromatic heterocycles. The molecule has 0 fully saturated rings. The fourth-order valence-corrected chi connectivity index (χ4v) is 3.55. The number of nitrogens with one attached hydrogen (secondary N) is 2. The van der Waals surface area contributed by atoms with E-state index in [2.05, 4.69) is 20.4 Å². The molecule has 0 bridgehead atoms. The fourth-order valence-electron chi connectivity index (χ4n) is 3.55. The van der Waals surface area contributed by atoms with Crippen LogP contribution in [0.4, 0.5) is 32.2 Å². The number of nitrogens with zero attached hydrogens (tertiary/aromatic N) is 3. The summed E-state index contributed by atoms with van der Waals surface area (Å²) < 4.78 is 79.7. The third kappa shape index (κ3) is 4.47. The van der Waals surface area contributed by atoms with Crippen molar-refractivity contribution in [3.63, 3.8) is 0 Å². The molecular weight excluding hydrogens is 456 g/mol. The largest absolute Gasteiger partial charge is 0.416 e. The lowest BCUT2D eigenvalue weighted by Gasteiger charge is -2.14. The van der Waals surface area contributed by atoms with Gasteiger partial charge in [-0.1, -0.05) is 0 Å². The predicted molar refractivity (Wildman–Crippen MR) is 103 cm³/mol. The van der Waals surface area contributed by atoms with E-state index in [1.54, 1.807) is 6.92 Å². The third-order valence-corrected chi connectivity index (χ3v) is 5.05. The van der Waals surface area contributed by atoms with Crippen LogP contribution in [0.1, 0.15) is 44.9 Å². The van der Waals surface area contributed by atoms with Crippen LogP contribution in [0.15, 0.2) is 29.1 Å². The smallest absolute Gasteiger partial charge is 0.306 e. The Morgan fingerprint density at radius 3 is 2.27 bits per heavy atom. The van der Waals surface area contributed by atoms with Gasteiger partial charge in [0.1, 0.15) is 5.82 Å². The molecule has 13 heteroatoms. The number of amides is 1. The highest BCUT2D eigenvalue weighted by molar-refractivity contribution is 6.04. The number of carbonyl (C=O) groups excluding carboxylic acids is 1. The Bertz CT molecular complexity index is 1270. The molecule has 0 saturated heterocycles. The van der Waals surface area contributed by atoms with Gasteiger partial charge in [0.2, 0.25) is 5.95 Å². The van der Waals surface area contributed by atoms with Gasteiger partial charge in [0.05, 0.1) is 22.5 Å². The molecule has 0 unspecified atom stereocenters. The number of aryl methyl sites for hydroxylation is 2. The van der Waals surface area contributed by atoms with Gasteiger partial charge in [-0.2, -0.15) is 36.1 Å². The molecule has 0 aliphatic heterocycles. The highest BCUT2D eigenvalue weighted by Crippen LogP contribution is 2.36. The highest BCUT2D eigenvalue weighted by atomic mass is 19.4. The van der Waals surface area contributed by atoms with Crippen LogP contribution in [-0.2, 0) is 25.2 Å². The molecule has 1 aliphatic carbocycles. The second-order valence-electron chi connectivity index (χ2n) is 7.50. The van der Waals surface area contributed by atoms with Gasteiger partial charge in [0.25, 0.3) is 11.5 Å². The zero-order chi connectivity index (χ0) is 24.1. The Morgan fingerprint density at radius 1 is 1.03 bits per heavy atom. The van der Waals surface area contributed by atoms with Gasteiger partial charge < -0.3 is 5.32 Å². The van der Waals surface area contributed by atoms with Gasteiger partial charge in [-0.15, -0.1) is 0 Å². The minimum absolute atomic E-state index is 0.0379. The van der Waals surface area contributed by atoms with Crippen LogP contribution in [-0.4, -0.2) is 25.7 Å². The monoisotopic (exact) mass is 471 g/mol. The molecule has 1 aromatic carbocycles. The van der Waals surface area contributed by atoms with Crippen molar-refractivity contribution in [2.75, 3.05) is 5.32 Å². The molecular formula is C20H15F6N5O2. The second-order valence-corrected chi connectivity index (χ2v) is 7.50. The summed E-state index contributed by atoms with van der Waals surface area (Å²) in [7, 11) is 0. The molecule has 0 radical (unpaired) electrons. The summed E-state index contributed by atoms with van der Waals surface area (Å²) in [6.45, 7) is 1.55. The molecule has 0 spiro atoms. The quantitative estimate of drug-likeness (QED) is 0.564. The van der Waals surface area contributed by atoms with Crippen LogP contribution in [0, 0.1) is 6.92 Å². The first kappa shape index (κ1) is 22.6. The van der Waals surface area contributed by atoms with E-state index in [1.165, 1.54) is 6.07 Å². The summed E-state index contributed by atoms with van der Waals surface area (Å²) in [5.41, 5.74) is -3.01. The topological polar surface area (TPSA) is 92.7 Å². The Hall–Kier alpha value is -3.64. The van der Waals surface area contributed by atoms with Crippen LogP contribution in [0.2, 0.25) is 0 Å². The van der Waals surface area contributed by atoms with E-state index in [4.69, 9.17) is 0 Å². The number of carbonyl (C=O) groups is 1. The van der Waals surface area contributed by atoms with Gasteiger partial charge >= 0.3 is 12.4 Å². The Labute approximate surface area is 181 Å². The number of rotatable bonds is 3. The number of anilines is 1. The zero-order valence-electron chi connectivity index (χ0n) is 16.9. The number of halogens is 6. The number of aromatic amines is 1. The van der Waals surface area contributed by atoms with E-state index in [1.807, 2.05) is 0 Å². The summed E-state index contributed by atoms with van der Waals surface area (Å²) in [5, 5.41) is 6.37. The van der Waals surface area contributed by atoms with E-state index in [0.717, 1.165) is 11.1 Å². The van der Waals surface area contributed by atoms with Gasteiger partial charge in [-0.05, 0) is 44.4 Å². The number of H-pyrrole nitrogens is 1. The van der Waals surface area contributed by atoms with Gasteiger partial charge in [-0.25, -0.2) is 4.98 Å². The first-order valence-corrected chi connectivity index (χ1v) is 9.63. The van der Waals surface area contributed by atoms with Crippen molar-refractivity contribution in [1.29, 1.82) is 0 Å². The molecule has 2 heterocycles. The van der Waals surface area contributed by atoms with Gasteiger partial charge in [0.15, 0.2) is 0 Å².